The van der Waals surface area contributed by atoms with Gasteiger partial charge in [0.1, 0.15) is 5.01 Å². The molecule has 0 spiro atoms. The van der Waals surface area contributed by atoms with E-state index in [1.54, 1.807) is 11.3 Å². The van der Waals surface area contributed by atoms with Crippen molar-refractivity contribution in [3.8, 4) is 10.6 Å². The number of carbonyl (C=O) groups excluding carboxylic acids is 1. The third-order valence-corrected chi connectivity index (χ3v) is 6.42. The summed E-state index contributed by atoms with van der Waals surface area (Å²) in [5, 5.41) is 3.25. The van der Waals surface area contributed by atoms with Gasteiger partial charge in [-0.1, -0.05) is 30.3 Å². The molecule has 2 fully saturated rings. The Kier molecular flexibility index (Phi) is 5.65. The summed E-state index contributed by atoms with van der Waals surface area (Å²) < 4.78 is 0. The molecule has 0 bridgehead atoms. The summed E-state index contributed by atoms with van der Waals surface area (Å²) >= 11 is 1.71. The van der Waals surface area contributed by atoms with Crippen LogP contribution in [0.3, 0.4) is 0 Å². The van der Waals surface area contributed by atoms with E-state index in [9.17, 15) is 4.79 Å². The molecule has 1 unspecified atom stereocenters. The molecular weight excluding hydrogens is 342 g/mol. The molecule has 0 N–H and O–H groups in total. The Morgan fingerprint density at radius 3 is 2.69 bits per heavy atom. The molecule has 1 aromatic heterocycles. The zero-order chi connectivity index (χ0) is 17.8. The molecule has 138 valence electrons. The van der Waals surface area contributed by atoms with E-state index in [1.165, 1.54) is 24.8 Å². The molecule has 2 aliphatic rings. The zero-order valence-electron chi connectivity index (χ0n) is 15.3. The molecule has 2 aliphatic heterocycles. The average molecular weight is 370 g/mol. The third kappa shape index (κ3) is 4.15. The number of nitrogens with zero attached hydrogens (tertiary/aromatic N) is 3. The molecule has 2 saturated heterocycles. The lowest BCUT2D eigenvalue weighted by Crippen LogP contribution is -2.46. The number of thiazole rings is 1. The Hall–Kier alpha value is -1.72. The highest BCUT2D eigenvalue weighted by atomic mass is 32.1. The van der Waals surface area contributed by atoms with Gasteiger partial charge in [0.05, 0.1) is 11.6 Å². The second-order valence-corrected chi connectivity index (χ2v) is 8.33. The van der Waals surface area contributed by atoms with Crippen LogP contribution in [0.25, 0.3) is 10.6 Å². The molecule has 5 heteroatoms. The van der Waals surface area contributed by atoms with Gasteiger partial charge in [-0.3, -0.25) is 9.69 Å². The maximum absolute atomic E-state index is 12.8. The summed E-state index contributed by atoms with van der Waals surface area (Å²) in [4.78, 5) is 22.2. The van der Waals surface area contributed by atoms with Crippen LogP contribution in [0.4, 0.5) is 0 Å². The number of aromatic nitrogens is 1. The van der Waals surface area contributed by atoms with Crippen molar-refractivity contribution < 1.29 is 4.79 Å². The first-order valence-electron chi connectivity index (χ1n) is 9.80. The highest BCUT2D eigenvalue weighted by Gasteiger charge is 2.30. The van der Waals surface area contributed by atoms with Gasteiger partial charge < -0.3 is 4.90 Å². The smallest absolute Gasteiger partial charge is 0.226 e. The number of likely N-dealkylation sites (tertiary alicyclic amines) is 2. The largest absolute Gasteiger partial charge is 0.342 e. The summed E-state index contributed by atoms with van der Waals surface area (Å²) in [6.07, 6.45) is 5.76. The van der Waals surface area contributed by atoms with E-state index < -0.39 is 0 Å². The normalized spacial score (nSPS) is 21.7. The molecule has 0 radical (unpaired) electrons. The standard InChI is InChI=1S/C21H27N3OS/c25-21(24-12-5-2-6-13-24)18-10-7-11-23(14-18)15-19-16-26-20(22-19)17-8-3-1-4-9-17/h1,3-4,8-9,16,18H,2,5-7,10-15H2. The Bertz CT molecular complexity index is 724. The van der Waals surface area contributed by atoms with Crippen LogP contribution in [-0.2, 0) is 11.3 Å². The summed E-state index contributed by atoms with van der Waals surface area (Å²) in [5.74, 6) is 0.562. The van der Waals surface area contributed by atoms with E-state index in [1.807, 2.05) is 6.07 Å². The Morgan fingerprint density at radius 2 is 1.88 bits per heavy atom. The number of amides is 1. The van der Waals surface area contributed by atoms with Crippen molar-refractivity contribution in [2.24, 2.45) is 5.92 Å². The van der Waals surface area contributed by atoms with E-state index in [-0.39, 0.29) is 5.92 Å². The minimum Gasteiger partial charge on any atom is -0.342 e. The Morgan fingerprint density at radius 1 is 1.08 bits per heavy atom. The van der Waals surface area contributed by atoms with Crippen LogP contribution in [0.15, 0.2) is 35.7 Å². The number of piperidine rings is 2. The topological polar surface area (TPSA) is 36.4 Å². The fourth-order valence-electron chi connectivity index (χ4n) is 4.10. The first-order valence-corrected chi connectivity index (χ1v) is 10.7. The van der Waals surface area contributed by atoms with Crippen LogP contribution in [-0.4, -0.2) is 46.9 Å². The quantitative estimate of drug-likeness (QED) is 0.816. The molecule has 2 aromatic rings. The fraction of sp³-hybridized carbons (Fsp3) is 0.524. The molecule has 26 heavy (non-hydrogen) atoms. The highest BCUT2D eigenvalue weighted by Crippen LogP contribution is 2.26. The average Bonchev–Trinajstić information content (AvgIpc) is 3.17. The maximum atomic E-state index is 12.8. The molecular formula is C21H27N3OS. The molecule has 1 aromatic carbocycles. The van der Waals surface area contributed by atoms with E-state index in [0.717, 1.165) is 56.3 Å². The van der Waals surface area contributed by atoms with Gasteiger partial charge >= 0.3 is 0 Å². The van der Waals surface area contributed by atoms with Crippen LogP contribution in [0.1, 0.15) is 37.8 Å². The molecule has 4 rings (SSSR count). The molecule has 0 saturated carbocycles. The second kappa shape index (κ2) is 8.31. The predicted molar refractivity (Wildman–Crippen MR) is 106 cm³/mol. The number of carbonyl (C=O) groups is 1. The minimum absolute atomic E-state index is 0.175. The molecule has 1 amide bonds. The van der Waals surface area contributed by atoms with Crippen molar-refractivity contribution in [1.29, 1.82) is 0 Å². The van der Waals surface area contributed by atoms with Gasteiger partial charge in [-0.15, -0.1) is 11.3 Å². The first kappa shape index (κ1) is 17.7. The Balaban J connectivity index is 1.36. The van der Waals surface area contributed by atoms with Gasteiger partial charge in [0.2, 0.25) is 5.91 Å². The van der Waals surface area contributed by atoms with Gasteiger partial charge in [0.25, 0.3) is 0 Å². The lowest BCUT2D eigenvalue weighted by molar-refractivity contribution is -0.138. The van der Waals surface area contributed by atoms with Gasteiger partial charge in [-0.25, -0.2) is 4.98 Å². The summed E-state index contributed by atoms with van der Waals surface area (Å²) in [6, 6.07) is 10.4. The fourth-order valence-corrected chi connectivity index (χ4v) is 4.91. The Labute approximate surface area is 159 Å². The summed E-state index contributed by atoms with van der Waals surface area (Å²) in [6.45, 7) is 4.73. The third-order valence-electron chi connectivity index (χ3n) is 5.48. The van der Waals surface area contributed by atoms with Crippen molar-refractivity contribution in [1.82, 2.24) is 14.8 Å². The van der Waals surface area contributed by atoms with Crippen LogP contribution in [0.5, 0.6) is 0 Å². The van der Waals surface area contributed by atoms with E-state index in [2.05, 4.69) is 39.4 Å². The highest BCUT2D eigenvalue weighted by molar-refractivity contribution is 7.13. The predicted octanol–water partition coefficient (Wildman–Crippen LogP) is 4.03. The summed E-state index contributed by atoms with van der Waals surface area (Å²) in [7, 11) is 0. The van der Waals surface area contributed by atoms with Gasteiger partial charge in [-0.05, 0) is 38.6 Å². The van der Waals surface area contributed by atoms with Crippen molar-refractivity contribution in [2.75, 3.05) is 26.2 Å². The minimum atomic E-state index is 0.175. The maximum Gasteiger partial charge on any atom is 0.226 e. The van der Waals surface area contributed by atoms with Crippen molar-refractivity contribution in [2.45, 2.75) is 38.6 Å². The van der Waals surface area contributed by atoms with Crippen LogP contribution in [0, 0.1) is 5.92 Å². The van der Waals surface area contributed by atoms with Crippen molar-refractivity contribution in [3.63, 3.8) is 0 Å². The van der Waals surface area contributed by atoms with Gasteiger partial charge in [0.15, 0.2) is 0 Å². The van der Waals surface area contributed by atoms with E-state index >= 15 is 0 Å². The van der Waals surface area contributed by atoms with Gasteiger partial charge in [0, 0.05) is 37.1 Å². The van der Waals surface area contributed by atoms with Gasteiger partial charge in [-0.2, -0.15) is 0 Å². The van der Waals surface area contributed by atoms with Crippen molar-refractivity contribution >= 4 is 17.2 Å². The van der Waals surface area contributed by atoms with E-state index in [0.29, 0.717) is 5.91 Å². The number of rotatable bonds is 4. The first-order chi connectivity index (χ1) is 12.8. The summed E-state index contributed by atoms with van der Waals surface area (Å²) in [5.41, 5.74) is 2.31. The van der Waals surface area contributed by atoms with Crippen LogP contribution >= 0.6 is 11.3 Å². The molecule has 1 atom stereocenters. The lowest BCUT2D eigenvalue weighted by Gasteiger charge is -2.36. The SMILES string of the molecule is O=C(C1CCCN(Cc2csc(-c3ccccc3)n2)C1)N1CCCCC1. The molecule has 3 heterocycles. The van der Waals surface area contributed by atoms with E-state index in [4.69, 9.17) is 4.98 Å². The van der Waals surface area contributed by atoms with Crippen LogP contribution in [0.2, 0.25) is 0 Å². The number of benzene rings is 1. The number of hydrogen-bond acceptors (Lipinski definition) is 4. The zero-order valence-corrected chi connectivity index (χ0v) is 16.1. The second-order valence-electron chi connectivity index (χ2n) is 7.47. The number of hydrogen-bond donors (Lipinski definition) is 0. The molecule has 4 nitrogen and oxygen atoms in total. The lowest BCUT2D eigenvalue weighted by atomic mass is 9.95. The monoisotopic (exact) mass is 369 g/mol. The van der Waals surface area contributed by atoms with Crippen molar-refractivity contribution in [3.05, 3.63) is 41.4 Å². The van der Waals surface area contributed by atoms with Crippen LogP contribution < -0.4 is 0 Å². The molecule has 0 aliphatic carbocycles.